The quantitative estimate of drug-likeness (QED) is 0.332. The Morgan fingerprint density at radius 1 is 1.13 bits per heavy atom. The molecule has 2 fully saturated rings. The van der Waals surface area contributed by atoms with Crippen molar-refractivity contribution in [2.24, 2.45) is 28.1 Å². The lowest BCUT2D eigenvalue weighted by Gasteiger charge is -2.58. The number of rotatable bonds is 4. The molecule has 0 N–H and O–H groups in total. The minimum atomic E-state index is -0.416. The van der Waals surface area contributed by atoms with Crippen molar-refractivity contribution in [1.29, 1.82) is 0 Å². The molecule has 1 aromatic carbocycles. The minimum absolute atomic E-state index is 0.00379. The van der Waals surface area contributed by atoms with Gasteiger partial charge in [-0.15, -0.1) is 11.8 Å². The molecule has 0 saturated heterocycles. The summed E-state index contributed by atoms with van der Waals surface area (Å²) in [6.07, 6.45) is 9.69. The highest BCUT2D eigenvalue weighted by Gasteiger charge is 2.59. The molecule has 4 rings (SSSR count). The van der Waals surface area contributed by atoms with Crippen molar-refractivity contribution in [3.63, 3.8) is 0 Å². The van der Waals surface area contributed by atoms with E-state index in [0.717, 1.165) is 38.5 Å². The summed E-state index contributed by atoms with van der Waals surface area (Å²) in [5.74, 6) is 0.687. The van der Waals surface area contributed by atoms with Crippen LogP contribution in [-0.4, -0.2) is 24.6 Å². The topological polar surface area (TPSA) is 43.4 Å². The van der Waals surface area contributed by atoms with E-state index < -0.39 is 5.41 Å². The van der Waals surface area contributed by atoms with Gasteiger partial charge in [-0.2, -0.15) is 0 Å². The summed E-state index contributed by atoms with van der Waals surface area (Å²) >= 11 is 1.80. The van der Waals surface area contributed by atoms with Crippen LogP contribution in [0.15, 0.2) is 46.9 Å². The molecule has 3 nitrogen and oxygen atoms in total. The fourth-order valence-corrected chi connectivity index (χ4v) is 8.04. The standard InChI is InChI=1S/C26H34O3S/c1-24(17-27)16-18-11-12-21-25(2,13-8-14-26(21,3)23(28)29-4)20(18)15-22(24)30-19-9-6-5-7-10-19/h5-7,9-10,15,17-18,21-22H,8,11-14,16H2,1-4H3/t18?,21-,22+,24-,25-,26+/m0/s1. The van der Waals surface area contributed by atoms with Crippen LogP contribution in [-0.2, 0) is 14.3 Å². The van der Waals surface area contributed by atoms with E-state index >= 15 is 0 Å². The van der Waals surface area contributed by atoms with Crippen molar-refractivity contribution in [1.82, 2.24) is 0 Å². The average Bonchev–Trinajstić information content (AvgIpc) is 2.74. The molecule has 0 heterocycles. The lowest BCUT2D eigenvalue weighted by atomic mass is 9.46. The molecule has 30 heavy (non-hydrogen) atoms. The molecule has 0 spiro atoms. The summed E-state index contributed by atoms with van der Waals surface area (Å²) in [4.78, 5) is 26.3. The summed E-state index contributed by atoms with van der Waals surface area (Å²) in [6.45, 7) is 6.63. The van der Waals surface area contributed by atoms with E-state index in [2.05, 4.69) is 51.1 Å². The van der Waals surface area contributed by atoms with Crippen LogP contribution >= 0.6 is 11.8 Å². The fourth-order valence-electron chi connectivity index (χ4n) is 6.79. The first kappa shape index (κ1) is 21.7. The Morgan fingerprint density at radius 2 is 1.87 bits per heavy atom. The van der Waals surface area contributed by atoms with Gasteiger partial charge in [0.1, 0.15) is 6.29 Å². The largest absolute Gasteiger partial charge is 0.469 e. The van der Waals surface area contributed by atoms with E-state index in [1.54, 1.807) is 11.8 Å². The zero-order chi connectivity index (χ0) is 21.6. The molecule has 2 saturated carbocycles. The number of ether oxygens (including phenoxy) is 1. The Kier molecular flexibility index (Phi) is 5.67. The van der Waals surface area contributed by atoms with Gasteiger partial charge < -0.3 is 9.53 Å². The molecule has 0 aromatic heterocycles. The van der Waals surface area contributed by atoms with E-state index in [9.17, 15) is 9.59 Å². The van der Waals surface area contributed by atoms with E-state index in [1.807, 2.05) is 6.07 Å². The Balaban J connectivity index is 1.74. The SMILES string of the molecule is COC(=O)[C@]1(C)CCC[C@@]2(C)C3=C[C@@H](Sc4ccccc4)[C@](C)(C=O)CC3CC[C@H]12. The number of thioether (sulfide) groups is 1. The third-order valence-corrected chi connectivity index (χ3v) is 9.90. The van der Waals surface area contributed by atoms with Gasteiger partial charge in [-0.1, -0.05) is 50.1 Å². The van der Waals surface area contributed by atoms with Crippen molar-refractivity contribution in [3.05, 3.63) is 42.0 Å². The maximum absolute atomic E-state index is 12.8. The number of fused-ring (bicyclic) bond motifs is 3. The average molecular weight is 427 g/mol. The summed E-state index contributed by atoms with van der Waals surface area (Å²) in [5, 5.41) is 0.116. The third-order valence-electron chi connectivity index (χ3n) is 8.43. The molecular formula is C26H34O3S. The lowest BCUT2D eigenvalue weighted by molar-refractivity contribution is -0.164. The maximum atomic E-state index is 12.8. The smallest absolute Gasteiger partial charge is 0.311 e. The first-order chi connectivity index (χ1) is 14.3. The van der Waals surface area contributed by atoms with Crippen LogP contribution in [0.3, 0.4) is 0 Å². The zero-order valence-corrected chi connectivity index (χ0v) is 19.5. The highest BCUT2D eigenvalue weighted by Crippen LogP contribution is 2.64. The molecule has 0 amide bonds. The van der Waals surface area contributed by atoms with Gasteiger partial charge in [0.15, 0.2) is 0 Å². The molecule has 6 atom stereocenters. The summed E-state index contributed by atoms with van der Waals surface area (Å²) in [7, 11) is 1.52. The number of carbonyl (C=O) groups is 2. The van der Waals surface area contributed by atoms with Gasteiger partial charge in [-0.25, -0.2) is 0 Å². The molecule has 0 bridgehead atoms. The molecule has 162 valence electrons. The van der Waals surface area contributed by atoms with E-state index in [4.69, 9.17) is 4.74 Å². The highest BCUT2D eigenvalue weighted by molar-refractivity contribution is 8.00. The van der Waals surface area contributed by atoms with Crippen LogP contribution in [0.4, 0.5) is 0 Å². The first-order valence-corrected chi connectivity index (χ1v) is 12.1. The van der Waals surface area contributed by atoms with E-state index in [0.29, 0.717) is 11.8 Å². The molecule has 1 aromatic rings. The number of aldehydes is 1. The van der Waals surface area contributed by atoms with Crippen LogP contribution in [0.1, 0.15) is 59.3 Å². The minimum Gasteiger partial charge on any atom is -0.469 e. The second kappa shape index (κ2) is 7.85. The second-order valence-electron chi connectivity index (χ2n) is 10.3. The van der Waals surface area contributed by atoms with Gasteiger partial charge in [0.25, 0.3) is 0 Å². The Morgan fingerprint density at radius 3 is 2.53 bits per heavy atom. The van der Waals surface area contributed by atoms with Crippen molar-refractivity contribution in [2.75, 3.05) is 7.11 Å². The van der Waals surface area contributed by atoms with Crippen molar-refractivity contribution in [3.8, 4) is 0 Å². The Labute approximate surface area is 185 Å². The zero-order valence-electron chi connectivity index (χ0n) is 18.6. The molecule has 3 aliphatic rings. The number of carbonyl (C=O) groups excluding carboxylic acids is 2. The Bertz CT molecular complexity index is 849. The van der Waals surface area contributed by atoms with Crippen LogP contribution < -0.4 is 0 Å². The van der Waals surface area contributed by atoms with E-state index in [1.165, 1.54) is 23.9 Å². The first-order valence-electron chi connectivity index (χ1n) is 11.3. The van der Waals surface area contributed by atoms with Gasteiger partial charge in [0.2, 0.25) is 0 Å². The van der Waals surface area contributed by atoms with Crippen molar-refractivity contribution >= 4 is 24.0 Å². The third kappa shape index (κ3) is 3.36. The van der Waals surface area contributed by atoms with Gasteiger partial charge in [-0.05, 0) is 68.4 Å². The highest BCUT2D eigenvalue weighted by atomic mass is 32.2. The lowest BCUT2D eigenvalue weighted by Crippen LogP contribution is -2.54. The predicted molar refractivity (Wildman–Crippen MR) is 121 cm³/mol. The second-order valence-corrected chi connectivity index (χ2v) is 11.5. The van der Waals surface area contributed by atoms with Crippen LogP contribution in [0, 0.1) is 28.1 Å². The molecule has 3 aliphatic carbocycles. The van der Waals surface area contributed by atoms with Crippen molar-refractivity contribution in [2.45, 2.75) is 69.4 Å². The molecule has 4 heteroatoms. The van der Waals surface area contributed by atoms with Crippen LogP contribution in [0.2, 0.25) is 0 Å². The molecule has 1 unspecified atom stereocenters. The number of hydrogen-bond donors (Lipinski definition) is 0. The van der Waals surface area contributed by atoms with Gasteiger partial charge in [-0.3, -0.25) is 4.79 Å². The monoisotopic (exact) mass is 426 g/mol. The Hall–Kier alpha value is -1.55. The van der Waals surface area contributed by atoms with Gasteiger partial charge in [0.05, 0.1) is 12.5 Å². The molecule has 0 aliphatic heterocycles. The summed E-state index contributed by atoms with van der Waals surface area (Å²) in [6, 6.07) is 10.4. The number of methoxy groups -OCH3 is 1. The fraction of sp³-hybridized carbons (Fsp3) is 0.615. The maximum Gasteiger partial charge on any atom is 0.311 e. The predicted octanol–water partition coefficient (Wildman–Crippen LogP) is 6.08. The van der Waals surface area contributed by atoms with Crippen LogP contribution in [0.25, 0.3) is 0 Å². The van der Waals surface area contributed by atoms with Gasteiger partial charge >= 0.3 is 5.97 Å². The number of allylic oxidation sites excluding steroid dienone is 1. The molecule has 0 radical (unpaired) electrons. The van der Waals surface area contributed by atoms with Crippen molar-refractivity contribution < 1.29 is 14.3 Å². The number of benzene rings is 1. The van der Waals surface area contributed by atoms with Gasteiger partial charge in [0, 0.05) is 15.6 Å². The number of esters is 1. The molecular weight excluding hydrogens is 392 g/mol. The summed E-state index contributed by atoms with van der Waals surface area (Å²) in [5.41, 5.74) is 0.726. The summed E-state index contributed by atoms with van der Waals surface area (Å²) < 4.78 is 5.26. The normalized spacial score (nSPS) is 40.5. The van der Waals surface area contributed by atoms with Crippen LogP contribution in [0.5, 0.6) is 0 Å². The van der Waals surface area contributed by atoms with E-state index in [-0.39, 0.29) is 22.0 Å². The number of hydrogen-bond acceptors (Lipinski definition) is 4.